The summed E-state index contributed by atoms with van der Waals surface area (Å²) in [5, 5.41) is 2.31. The van der Waals surface area contributed by atoms with Gasteiger partial charge in [-0.25, -0.2) is 19.4 Å². The Bertz CT molecular complexity index is 1240. The van der Waals surface area contributed by atoms with Crippen molar-refractivity contribution in [2.24, 2.45) is 0 Å². The van der Waals surface area contributed by atoms with E-state index in [1.54, 1.807) is 6.07 Å². The second-order valence-electron chi connectivity index (χ2n) is 5.68. The van der Waals surface area contributed by atoms with Crippen LogP contribution in [0.5, 0.6) is 0 Å². The van der Waals surface area contributed by atoms with Crippen LogP contribution >= 0.6 is 11.3 Å². The molecule has 3 aromatic heterocycles. The van der Waals surface area contributed by atoms with Gasteiger partial charge >= 0.3 is 5.69 Å². The van der Waals surface area contributed by atoms with E-state index in [4.69, 9.17) is 0 Å². The smallest absolute Gasteiger partial charge is 0.290 e. The first-order valence-electron chi connectivity index (χ1n) is 7.99. The zero-order chi connectivity index (χ0) is 18.8. The molecule has 0 fully saturated rings. The van der Waals surface area contributed by atoms with Crippen LogP contribution in [0.25, 0.3) is 21.3 Å². The molecule has 0 atom stereocenters. The number of rotatable bonds is 4. The van der Waals surface area contributed by atoms with Crippen molar-refractivity contribution in [2.45, 2.75) is 6.54 Å². The third-order valence-corrected chi connectivity index (χ3v) is 4.81. The minimum absolute atomic E-state index is 0.258. The summed E-state index contributed by atoms with van der Waals surface area (Å²) in [7, 11) is 0. The van der Waals surface area contributed by atoms with Gasteiger partial charge in [0, 0.05) is 23.3 Å². The lowest BCUT2D eigenvalue weighted by Crippen LogP contribution is -2.37. The number of hydrogen-bond acceptors (Lipinski definition) is 6. The molecule has 9 heteroatoms. The van der Waals surface area contributed by atoms with Gasteiger partial charge in [0.05, 0.1) is 5.39 Å². The Morgan fingerprint density at radius 2 is 1.93 bits per heavy atom. The summed E-state index contributed by atoms with van der Waals surface area (Å²) in [6.45, 7) is -0.258. The van der Waals surface area contributed by atoms with Gasteiger partial charge in [0.15, 0.2) is 0 Å². The minimum Gasteiger partial charge on any atom is -0.290 e. The molecule has 0 aliphatic carbocycles. The lowest BCUT2D eigenvalue weighted by Gasteiger charge is -2.09. The largest absolute Gasteiger partial charge is 0.347 e. The van der Waals surface area contributed by atoms with Gasteiger partial charge in [-0.15, -0.1) is 11.3 Å². The van der Waals surface area contributed by atoms with Crippen molar-refractivity contribution >= 4 is 27.5 Å². The fourth-order valence-corrected chi connectivity index (χ4v) is 3.58. The van der Waals surface area contributed by atoms with Gasteiger partial charge in [-0.1, -0.05) is 30.3 Å². The number of nitrogens with one attached hydrogen (secondary N) is 1. The number of hydrogen-bond donors (Lipinski definition) is 1. The number of amides is 1. The Morgan fingerprint density at radius 1 is 1.11 bits per heavy atom. The molecule has 1 N–H and O–H groups in total. The Balaban J connectivity index is 1.68. The van der Waals surface area contributed by atoms with E-state index in [-0.39, 0.29) is 12.1 Å². The Hall–Kier alpha value is -3.59. The first-order chi connectivity index (χ1) is 13.1. The molecule has 0 saturated carbocycles. The standard InChI is InChI=1S/C18H13N5O3S/c24-14(9-22-8-4-7-19-18(22)26)21-23-11-20-16-15(17(23)25)13(10-27-16)12-5-2-1-3-6-12/h1-8,10-11H,9H2,(H,21,24). The summed E-state index contributed by atoms with van der Waals surface area (Å²) in [6, 6.07) is 11.0. The molecule has 0 aliphatic rings. The van der Waals surface area contributed by atoms with Gasteiger partial charge in [0.2, 0.25) is 0 Å². The molecule has 27 heavy (non-hydrogen) atoms. The van der Waals surface area contributed by atoms with Gasteiger partial charge in [-0.05, 0) is 11.6 Å². The van der Waals surface area contributed by atoms with Gasteiger partial charge in [-0.2, -0.15) is 0 Å². The number of carbonyl (C=O) groups is 1. The van der Waals surface area contributed by atoms with Crippen molar-refractivity contribution in [3.8, 4) is 11.1 Å². The van der Waals surface area contributed by atoms with E-state index in [1.165, 1.54) is 30.1 Å². The Morgan fingerprint density at radius 3 is 2.70 bits per heavy atom. The molecule has 0 unspecified atom stereocenters. The van der Waals surface area contributed by atoms with E-state index >= 15 is 0 Å². The average molecular weight is 379 g/mol. The fourth-order valence-electron chi connectivity index (χ4n) is 2.67. The fraction of sp³-hybridized carbons (Fsp3) is 0.0556. The normalized spacial score (nSPS) is 10.8. The zero-order valence-corrected chi connectivity index (χ0v) is 14.7. The first-order valence-corrected chi connectivity index (χ1v) is 8.87. The molecule has 0 saturated heterocycles. The summed E-state index contributed by atoms with van der Waals surface area (Å²) in [4.78, 5) is 45.1. The summed E-state index contributed by atoms with van der Waals surface area (Å²) in [5.41, 5.74) is 3.20. The third-order valence-electron chi connectivity index (χ3n) is 3.92. The monoisotopic (exact) mass is 379 g/mol. The van der Waals surface area contributed by atoms with E-state index in [2.05, 4.69) is 15.4 Å². The van der Waals surface area contributed by atoms with Gasteiger partial charge in [-0.3, -0.25) is 19.6 Å². The van der Waals surface area contributed by atoms with Crippen LogP contribution in [-0.2, 0) is 11.3 Å². The van der Waals surface area contributed by atoms with E-state index in [0.29, 0.717) is 10.2 Å². The molecule has 4 rings (SSSR count). The predicted octanol–water partition coefficient (Wildman–Crippen LogP) is 1.45. The molecule has 0 radical (unpaired) electrons. The molecule has 4 aromatic rings. The van der Waals surface area contributed by atoms with Gasteiger partial charge in [0.1, 0.15) is 17.7 Å². The lowest BCUT2D eigenvalue weighted by molar-refractivity contribution is -0.117. The number of carbonyl (C=O) groups excluding carboxylic acids is 1. The van der Waals surface area contributed by atoms with Crippen molar-refractivity contribution in [3.63, 3.8) is 0 Å². The maximum Gasteiger partial charge on any atom is 0.347 e. The summed E-state index contributed by atoms with van der Waals surface area (Å²) < 4.78 is 2.18. The molecule has 1 aromatic carbocycles. The van der Waals surface area contributed by atoms with E-state index in [0.717, 1.165) is 20.4 Å². The van der Waals surface area contributed by atoms with Crippen molar-refractivity contribution in [3.05, 3.63) is 81.3 Å². The highest BCUT2D eigenvalue weighted by atomic mass is 32.1. The molecule has 8 nitrogen and oxygen atoms in total. The molecule has 0 bridgehead atoms. The summed E-state index contributed by atoms with van der Waals surface area (Å²) in [6.07, 6.45) is 4.06. The Kier molecular flexibility index (Phi) is 4.35. The average Bonchev–Trinajstić information content (AvgIpc) is 3.11. The zero-order valence-electron chi connectivity index (χ0n) is 13.9. The maximum absolute atomic E-state index is 12.9. The third kappa shape index (κ3) is 3.27. The highest BCUT2D eigenvalue weighted by Crippen LogP contribution is 2.30. The van der Waals surface area contributed by atoms with Crippen molar-refractivity contribution < 1.29 is 4.79 Å². The number of fused-ring (bicyclic) bond motifs is 1. The molecule has 134 valence electrons. The number of thiophene rings is 1. The van der Waals surface area contributed by atoms with Crippen molar-refractivity contribution in [1.82, 2.24) is 19.2 Å². The van der Waals surface area contributed by atoms with Crippen LogP contribution in [-0.4, -0.2) is 25.1 Å². The van der Waals surface area contributed by atoms with Crippen LogP contribution in [0.15, 0.2) is 70.1 Å². The minimum atomic E-state index is -0.544. The van der Waals surface area contributed by atoms with Gasteiger partial charge < -0.3 is 0 Å². The Labute approximate surface area is 156 Å². The quantitative estimate of drug-likeness (QED) is 0.579. The second kappa shape index (κ2) is 6.96. The number of nitrogens with zero attached hydrogens (tertiary/aromatic N) is 4. The summed E-state index contributed by atoms with van der Waals surface area (Å²) in [5.74, 6) is -0.537. The first kappa shape index (κ1) is 16.9. The van der Waals surface area contributed by atoms with Crippen molar-refractivity contribution in [1.29, 1.82) is 0 Å². The topological polar surface area (TPSA) is 98.9 Å². The highest BCUT2D eigenvalue weighted by molar-refractivity contribution is 7.17. The molecular formula is C18H13N5O3S. The maximum atomic E-state index is 12.9. The number of benzene rings is 1. The predicted molar refractivity (Wildman–Crippen MR) is 102 cm³/mol. The van der Waals surface area contributed by atoms with E-state index in [9.17, 15) is 14.4 Å². The summed E-state index contributed by atoms with van der Waals surface area (Å²) >= 11 is 1.36. The lowest BCUT2D eigenvalue weighted by atomic mass is 10.1. The van der Waals surface area contributed by atoms with Gasteiger partial charge in [0.25, 0.3) is 11.5 Å². The SMILES string of the molecule is O=C(Cn1cccnc1=O)Nn1cnc2scc(-c3ccccc3)c2c1=O. The molecule has 0 aliphatic heterocycles. The van der Waals surface area contributed by atoms with Crippen LogP contribution in [0.1, 0.15) is 0 Å². The van der Waals surface area contributed by atoms with Crippen LogP contribution in [0, 0.1) is 0 Å². The second-order valence-corrected chi connectivity index (χ2v) is 6.54. The van der Waals surface area contributed by atoms with Crippen LogP contribution in [0.3, 0.4) is 0 Å². The molecule has 0 spiro atoms. The van der Waals surface area contributed by atoms with E-state index < -0.39 is 11.6 Å². The molecule has 1 amide bonds. The van der Waals surface area contributed by atoms with E-state index in [1.807, 2.05) is 35.7 Å². The number of aromatic nitrogens is 4. The van der Waals surface area contributed by atoms with Crippen LogP contribution < -0.4 is 16.7 Å². The highest BCUT2D eigenvalue weighted by Gasteiger charge is 2.14. The molecule has 3 heterocycles. The van der Waals surface area contributed by atoms with Crippen LogP contribution in [0.4, 0.5) is 0 Å². The molecular weight excluding hydrogens is 366 g/mol. The van der Waals surface area contributed by atoms with Crippen LogP contribution in [0.2, 0.25) is 0 Å². The van der Waals surface area contributed by atoms with Crippen molar-refractivity contribution in [2.75, 3.05) is 5.43 Å².